The second kappa shape index (κ2) is 9.58. The number of hydrogen-bond acceptors (Lipinski definition) is 6. The van der Waals surface area contributed by atoms with E-state index in [2.05, 4.69) is 24.8 Å². The van der Waals surface area contributed by atoms with Crippen molar-refractivity contribution in [1.82, 2.24) is 24.8 Å². The maximum absolute atomic E-state index is 14.2. The maximum atomic E-state index is 14.2. The fourth-order valence-electron chi connectivity index (χ4n) is 4.10. The molecular formula is C24H27F2N7O. The van der Waals surface area contributed by atoms with E-state index in [1.54, 1.807) is 20.3 Å². The number of pyridine rings is 2. The van der Waals surface area contributed by atoms with Gasteiger partial charge in [0.25, 0.3) is 5.91 Å². The first kappa shape index (κ1) is 23.3. The van der Waals surface area contributed by atoms with Crippen molar-refractivity contribution in [3.05, 3.63) is 53.5 Å². The van der Waals surface area contributed by atoms with Crippen LogP contribution in [0.3, 0.4) is 0 Å². The number of aryl methyl sites for hydroxylation is 2. The number of nitrogens with zero attached hydrogens (tertiary/aromatic N) is 5. The third-order valence-electron chi connectivity index (χ3n) is 5.68. The highest BCUT2D eigenvalue weighted by Crippen LogP contribution is 2.28. The van der Waals surface area contributed by atoms with E-state index in [0.717, 1.165) is 41.8 Å². The number of amides is 1. The molecule has 34 heavy (non-hydrogen) atoms. The average Bonchev–Trinajstić information content (AvgIpc) is 3.17. The van der Waals surface area contributed by atoms with Crippen LogP contribution in [-0.2, 0) is 13.0 Å². The maximum Gasteiger partial charge on any atom is 0.251 e. The monoisotopic (exact) mass is 467 g/mol. The van der Waals surface area contributed by atoms with Gasteiger partial charge in [0.1, 0.15) is 39.7 Å². The minimum Gasteiger partial charge on any atom is -0.382 e. The lowest BCUT2D eigenvalue weighted by atomic mass is 10.1. The molecule has 0 saturated heterocycles. The van der Waals surface area contributed by atoms with Crippen molar-refractivity contribution in [2.45, 2.75) is 32.7 Å². The topological polar surface area (TPSA) is 102 Å². The summed E-state index contributed by atoms with van der Waals surface area (Å²) >= 11 is 0. The molecule has 3 heterocycles. The lowest BCUT2D eigenvalue weighted by Crippen LogP contribution is -2.25. The summed E-state index contributed by atoms with van der Waals surface area (Å²) in [6.45, 7) is 3.05. The number of rotatable bonds is 8. The van der Waals surface area contributed by atoms with E-state index in [1.807, 2.05) is 19.1 Å². The van der Waals surface area contributed by atoms with Crippen LogP contribution in [-0.4, -0.2) is 46.1 Å². The summed E-state index contributed by atoms with van der Waals surface area (Å²) in [6, 6.07) is 5.79. The Kier molecular flexibility index (Phi) is 6.58. The molecule has 0 atom stereocenters. The van der Waals surface area contributed by atoms with E-state index in [4.69, 9.17) is 5.73 Å². The first-order valence-electron chi connectivity index (χ1n) is 11.2. The highest BCUT2D eigenvalue weighted by molar-refractivity contribution is 6.04. The quantitative estimate of drug-likeness (QED) is 0.383. The van der Waals surface area contributed by atoms with Gasteiger partial charge in [0, 0.05) is 45.4 Å². The Balaban J connectivity index is 1.44. The van der Waals surface area contributed by atoms with Crippen LogP contribution in [0.2, 0.25) is 0 Å². The van der Waals surface area contributed by atoms with Crippen LogP contribution < -0.4 is 16.0 Å². The van der Waals surface area contributed by atoms with E-state index >= 15 is 0 Å². The van der Waals surface area contributed by atoms with Gasteiger partial charge in [-0.2, -0.15) is 0 Å². The minimum absolute atomic E-state index is 0.0463. The van der Waals surface area contributed by atoms with E-state index in [9.17, 15) is 13.6 Å². The molecule has 3 N–H and O–H groups in total. The Morgan fingerprint density at radius 3 is 2.56 bits per heavy atom. The van der Waals surface area contributed by atoms with Crippen molar-refractivity contribution in [2.24, 2.45) is 0 Å². The lowest BCUT2D eigenvalue weighted by molar-refractivity contribution is 0.0952. The number of unbranched alkanes of at least 4 members (excludes halogenated alkanes) is 1. The fraction of sp³-hybridized carbons (Fsp3) is 0.333. The van der Waals surface area contributed by atoms with Crippen LogP contribution >= 0.6 is 0 Å². The van der Waals surface area contributed by atoms with Gasteiger partial charge >= 0.3 is 0 Å². The van der Waals surface area contributed by atoms with Crippen LogP contribution in [0.25, 0.3) is 22.1 Å². The van der Waals surface area contributed by atoms with Gasteiger partial charge in [0.2, 0.25) is 0 Å². The van der Waals surface area contributed by atoms with Gasteiger partial charge in [-0.05, 0) is 37.1 Å². The highest BCUT2D eigenvalue weighted by Gasteiger charge is 2.18. The molecule has 0 saturated carbocycles. The Hall–Kier alpha value is -3.82. The number of halogens is 2. The van der Waals surface area contributed by atoms with Crippen molar-refractivity contribution in [1.29, 1.82) is 0 Å². The first-order valence-corrected chi connectivity index (χ1v) is 11.2. The van der Waals surface area contributed by atoms with Gasteiger partial charge in [-0.15, -0.1) is 0 Å². The number of nitrogen functional groups attached to an aromatic ring is 1. The molecule has 0 aliphatic rings. The van der Waals surface area contributed by atoms with E-state index in [1.165, 1.54) is 4.90 Å². The molecule has 4 aromatic rings. The molecule has 1 amide bonds. The smallest absolute Gasteiger partial charge is 0.251 e. The number of carbonyl (C=O) groups excluding carboxylic acids is 1. The zero-order chi connectivity index (χ0) is 24.4. The molecule has 8 nitrogen and oxygen atoms in total. The number of nitrogens with two attached hydrogens (primary N) is 1. The molecule has 0 aliphatic heterocycles. The molecule has 178 valence electrons. The van der Waals surface area contributed by atoms with Crippen LogP contribution in [0.4, 0.5) is 20.3 Å². The number of benzene rings is 1. The zero-order valence-corrected chi connectivity index (χ0v) is 19.4. The molecule has 0 unspecified atom stereocenters. The predicted octanol–water partition coefficient (Wildman–Crippen LogP) is 3.68. The molecule has 1 aromatic carbocycles. The van der Waals surface area contributed by atoms with Crippen molar-refractivity contribution in [2.75, 3.05) is 31.3 Å². The largest absolute Gasteiger partial charge is 0.382 e. The van der Waals surface area contributed by atoms with Crippen LogP contribution in [0.5, 0.6) is 0 Å². The van der Waals surface area contributed by atoms with Gasteiger partial charge in [-0.3, -0.25) is 9.78 Å². The van der Waals surface area contributed by atoms with Gasteiger partial charge in [-0.25, -0.2) is 18.7 Å². The van der Waals surface area contributed by atoms with Crippen LogP contribution in [0, 0.1) is 11.6 Å². The van der Waals surface area contributed by atoms with E-state index in [-0.39, 0.29) is 11.3 Å². The van der Waals surface area contributed by atoms with Crippen molar-refractivity contribution < 1.29 is 13.6 Å². The van der Waals surface area contributed by atoms with E-state index in [0.29, 0.717) is 36.4 Å². The molecule has 0 bridgehead atoms. The summed E-state index contributed by atoms with van der Waals surface area (Å²) in [5, 5.41) is 2.73. The molecule has 0 radical (unpaired) electrons. The lowest BCUT2D eigenvalue weighted by Gasteiger charge is -2.15. The minimum atomic E-state index is -0.774. The number of fused-ring (bicyclic) bond motifs is 3. The molecular weight excluding hydrogens is 440 g/mol. The normalized spacial score (nSPS) is 11.3. The number of aromatic nitrogens is 4. The second-order valence-corrected chi connectivity index (χ2v) is 8.24. The number of carbonyl (C=O) groups is 1. The van der Waals surface area contributed by atoms with Gasteiger partial charge in [0.15, 0.2) is 5.82 Å². The Morgan fingerprint density at radius 2 is 1.88 bits per heavy atom. The molecule has 3 aromatic heterocycles. The number of hydrogen-bond donors (Lipinski definition) is 2. The fourth-order valence-corrected chi connectivity index (χ4v) is 4.10. The van der Waals surface area contributed by atoms with Crippen molar-refractivity contribution in [3.8, 4) is 0 Å². The molecule has 0 aliphatic carbocycles. The predicted molar refractivity (Wildman–Crippen MR) is 129 cm³/mol. The van der Waals surface area contributed by atoms with Crippen LogP contribution in [0.15, 0.2) is 30.5 Å². The third kappa shape index (κ3) is 4.35. The van der Waals surface area contributed by atoms with Crippen LogP contribution in [0.1, 0.15) is 35.9 Å². The Labute approximate surface area is 195 Å². The molecule has 0 fully saturated rings. The standard InChI is InChI=1S/C24H27F2N7O/c1-4-18-31-20-22(19-17(30-23(20)27)8-7-10-28-19)33(18)11-6-5-9-29-24(34)14-12-15(25)21(32(2)3)16(26)13-14/h7-8,10,12-13H,4-6,9,11H2,1-3H3,(H2,27,30)(H,29,34). The zero-order valence-electron chi connectivity index (χ0n) is 19.4. The summed E-state index contributed by atoms with van der Waals surface area (Å²) in [5.74, 6) is -0.805. The van der Waals surface area contributed by atoms with E-state index < -0.39 is 17.5 Å². The average molecular weight is 468 g/mol. The van der Waals surface area contributed by atoms with Gasteiger partial charge < -0.3 is 20.5 Å². The Bertz CT molecular complexity index is 1340. The van der Waals surface area contributed by atoms with Gasteiger partial charge in [0.05, 0.1) is 5.52 Å². The van der Waals surface area contributed by atoms with Crippen molar-refractivity contribution in [3.63, 3.8) is 0 Å². The summed E-state index contributed by atoms with van der Waals surface area (Å²) in [5.41, 5.74) is 8.89. The highest BCUT2D eigenvalue weighted by atomic mass is 19.1. The summed E-state index contributed by atoms with van der Waals surface area (Å²) < 4.78 is 30.4. The Morgan fingerprint density at radius 1 is 1.15 bits per heavy atom. The summed E-state index contributed by atoms with van der Waals surface area (Å²) in [6.07, 6.45) is 3.85. The summed E-state index contributed by atoms with van der Waals surface area (Å²) in [7, 11) is 3.08. The summed E-state index contributed by atoms with van der Waals surface area (Å²) in [4.78, 5) is 27.3. The molecule has 4 rings (SSSR count). The number of imidazole rings is 1. The molecule has 10 heteroatoms. The van der Waals surface area contributed by atoms with Crippen molar-refractivity contribution >= 4 is 39.5 Å². The SMILES string of the molecule is CCc1nc2c(N)nc3cccnc3c2n1CCCCNC(=O)c1cc(F)c(N(C)C)c(F)c1. The second-order valence-electron chi connectivity index (χ2n) is 8.24. The van der Waals surface area contributed by atoms with Gasteiger partial charge in [-0.1, -0.05) is 6.92 Å². The number of anilines is 2. The molecule has 0 spiro atoms. The number of nitrogens with one attached hydrogen (secondary N) is 1. The third-order valence-corrected chi connectivity index (χ3v) is 5.68. The first-order chi connectivity index (χ1) is 16.3.